The van der Waals surface area contributed by atoms with E-state index in [4.69, 9.17) is 11.6 Å². The van der Waals surface area contributed by atoms with Gasteiger partial charge in [-0.25, -0.2) is 0 Å². The Kier molecular flexibility index (Phi) is 6.84. The van der Waals surface area contributed by atoms with E-state index in [2.05, 4.69) is 57.1 Å². The molecule has 0 aliphatic rings. The van der Waals surface area contributed by atoms with Crippen LogP contribution >= 0.6 is 11.6 Å². The zero-order valence-corrected chi connectivity index (χ0v) is 13.5. The molecule has 0 spiro atoms. The van der Waals surface area contributed by atoms with Crippen molar-refractivity contribution < 1.29 is 0 Å². The van der Waals surface area contributed by atoms with Crippen LogP contribution in [0.15, 0.2) is 24.3 Å². The van der Waals surface area contributed by atoms with E-state index in [0.29, 0.717) is 18.0 Å². The van der Waals surface area contributed by atoms with Crippen molar-refractivity contribution in [1.29, 1.82) is 0 Å². The van der Waals surface area contributed by atoms with Crippen LogP contribution in [0.3, 0.4) is 0 Å². The molecule has 19 heavy (non-hydrogen) atoms. The smallest absolute Gasteiger partial charge is 0.0406 e. The number of rotatable bonds is 7. The molecule has 3 heteroatoms. The van der Waals surface area contributed by atoms with Gasteiger partial charge in [-0.1, -0.05) is 37.6 Å². The van der Waals surface area contributed by atoms with Crippen LogP contribution in [0.2, 0.25) is 5.02 Å². The lowest BCUT2D eigenvalue weighted by atomic mass is 10.1. The molecule has 0 aliphatic carbocycles. The van der Waals surface area contributed by atoms with E-state index in [9.17, 15) is 0 Å². The molecule has 2 atom stereocenters. The number of likely N-dealkylation sites (N-methyl/N-ethyl adjacent to an activating group) is 1. The first-order chi connectivity index (χ1) is 8.91. The summed E-state index contributed by atoms with van der Waals surface area (Å²) in [6.07, 6.45) is 0. The van der Waals surface area contributed by atoms with Crippen LogP contribution in [0, 0.1) is 5.92 Å². The molecule has 0 radical (unpaired) electrons. The third-order valence-corrected chi connectivity index (χ3v) is 3.90. The predicted molar refractivity (Wildman–Crippen MR) is 84.8 cm³/mol. The molecule has 1 aromatic carbocycles. The summed E-state index contributed by atoms with van der Waals surface area (Å²) in [6, 6.07) is 9.04. The Morgan fingerprint density at radius 1 is 1.05 bits per heavy atom. The molecule has 0 fully saturated rings. The minimum atomic E-state index is 0.396. The van der Waals surface area contributed by atoms with Crippen molar-refractivity contribution in [3.8, 4) is 0 Å². The van der Waals surface area contributed by atoms with Crippen molar-refractivity contribution in [1.82, 2.24) is 10.2 Å². The van der Waals surface area contributed by atoms with E-state index < -0.39 is 0 Å². The maximum atomic E-state index is 5.93. The molecule has 2 unspecified atom stereocenters. The zero-order valence-electron chi connectivity index (χ0n) is 12.8. The highest BCUT2D eigenvalue weighted by atomic mass is 35.5. The van der Waals surface area contributed by atoms with Crippen molar-refractivity contribution in [2.24, 2.45) is 5.92 Å². The molecule has 2 nitrogen and oxygen atoms in total. The Labute approximate surface area is 123 Å². The molecule has 1 aromatic rings. The SMILES string of the molecule is CC(C)CNCC(C)N(C)C(C)c1ccc(Cl)cc1. The first kappa shape index (κ1) is 16.5. The van der Waals surface area contributed by atoms with Gasteiger partial charge in [-0.05, 0) is 51.1 Å². The second-order valence-electron chi connectivity index (χ2n) is 5.79. The van der Waals surface area contributed by atoms with Crippen molar-refractivity contribution in [2.75, 3.05) is 20.1 Å². The third kappa shape index (κ3) is 5.52. The van der Waals surface area contributed by atoms with Crippen LogP contribution in [-0.2, 0) is 0 Å². The molecular weight excluding hydrogens is 256 g/mol. The van der Waals surface area contributed by atoms with E-state index in [1.165, 1.54) is 5.56 Å². The zero-order chi connectivity index (χ0) is 14.4. The van der Waals surface area contributed by atoms with Gasteiger partial charge in [0.1, 0.15) is 0 Å². The Morgan fingerprint density at radius 2 is 1.63 bits per heavy atom. The van der Waals surface area contributed by atoms with Crippen LogP contribution in [-0.4, -0.2) is 31.1 Å². The quantitative estimate of drug-likeness (QED) is 0.814. The van der Waals surface area contributed by atoms with Gasteiger partial charge in [0.2, 0.25) is 0 Å². The summed E-state index contributed by atoms with van der Waals surface area (Å²) in [5.74, 6) is 0.700. The van der Waals surface area contributed by atoms with Gasteiger partial charge in [0, 0.05) is 23.7 Å². The Hall–Kier alpha value is -0.570. The summed E-state index contributed by atoms with van der Waals surface area (Å²) >= 11 is 5.93. The molecule has 1 N–H and O–H groups in total. The van der Waals surface area contributed by atoms with Crippen LogP contribution in [0.1, 0.15) is 39.3 Å². The van der Waals surface area contributed by atoms with Crippen LogP contribution in [0.5, 0.6) is 0 Å². The maximum Gasteiger partial charge on any atom is 0.0406 e. The Balaban J connectivity index is 2.51. The number of benzene rings is 1. The lowest BCUT2D eigenvalue weighted by Crippen LogP contribution is -2.40. The highest BCUT2D eigenvalue weighted by molar-refractivity contribution is 6.30. The minimum absolute atomic E-state index is 0.396. The summed E-state index contributed by atoms with van der Waals surface area (Å²) in [5.41, 5.74) is 1.31. The number of hydrogen-bond donors (Lipinski definition) is 1. The number of hydrogen-bond acceptors (Lipinski definition) is 2. The van der Waals surface area contributed by atoms with Crippen molar-refractivity contribution in [2.45, 2.75) is 39.8 Å². The second kappa shape index (κ2) is 7.88. The van der Waals surface area contributed by atoms with Gasteiger partial charge in [-0.2, -0.15) is 0 Å². The van der Waals surface area contributed by atoms with E-state index >= 15 is 0 Å². The fourth-order valence-electron chi connectivity index (χ4n) is 2.08. The van der Waals surface area contributed by atoms with Crippen LogP contribution < -0.4 is 5.32 Å². The van der Waals surface area contributed by atoms with Crippen LogP contribution in [0.25, 0.3) is 0 Å². The summed E-state index contributed by atoms with van der Waals surface area (Å²) in [7, 11) is 2.18. The van der Waals surface area contributed by atoms with Gasteiger partial charge in [-0.15, -0.1) is 0 Å². The second-order valence-corrected chi connectivity index (χ2v) is 6.23. The lowest BCUT2D eigenvalue weighted by molar-refractivity contribution is 0.192. The molecule has 108 valence electrons. The van der Waals surface area contributed by atoms with E-state index in [0.717, 1.165) is 18.1 Å². The normalized spacial score (nSPS) is 14.9. The molecule has 0 aromatic heterocycles. The summed E-state index contributed by atoms with van der Waals surface area (Å²) < 4.78 is 0. The molecule has 0 saturated carbocycles. The molecule has 0 bridgehead atoms. The summed E-state index contributed by atoms with van der Waals surface area (Å²) in [5, 5.41) is 4.31. The van der Waals surface area contributed by atoms with E-state index in [1.807, 2.05) is 12.1 Å². The molecule has 0 aliphatic heterocycles. The van der Waals surface area contributed by atoms with Crippen molar-refractivity contribution in [3.05, 3.63) is 34.9 Å². The molecule has 0 amide bonds. The predicted octanol–water partition coefficient (Wildman–Crippen LogP) is 3.97. The molecule has 1 rings (SSSR count). The molecular formula is C16H27ClN2. The molecule has 0 heterocycles. The van der Waals surface area contributed by atoms with Gasteiger partial charge < -0.3 is 5.32 Å². The van der Waals surface area contributed by atoms with Gasteiger partial charge in [0.25, 0.3) is 0 Å². The third-order valence-electron chi connectivity index (χ3n) is 3.65. The lowest BCUT2D eigenvalue weighted by Gasteiger charge is -2.31. The Bertz CT molecular complexity index is 362. The average Bonchev–Trinajstić information content (AvgIpc) is 2.37. The summed E-state index contributed by atoms with van der Waals surface area (Å²) in [6.45, 7) is 11.1. The largest absolute Gasteiger partial charge is 0.315 e. The number of nitrogens with one attached hydrogen (secondary N) is 1. The minimum Gasteiger partial charge on any atom is -0.315 e. The summed E-state index contributed by atoms with van der Waals surface area (Å²) in [4.78, 5) is 2.40. The van der Waals surface area contributed by atoms with Crippen LogP contribution in [0.4, 0.5) is 0 Å². The van der Waals surface area contributed by atoms with Gasteiger partial charge in [-0.3, -0.25) is 4.90 Å². The number of nitrogens with zero attached hydrogens (tertiary/aromatic N) is 1. The highest BCUT2D eigenvalue weighted by Gasteiger charge is 2.17. The molecule has 0 saturated heterocycles. The fourth-order valence-corrected chi connectivity index (χ4v) is 2.21. The first-order valence-electron chi connectivity index (χ1n) is 7.10. The van der Waals surface area contributed by atoms with Gasteiger partial charge in [0.05, 0.1) is 0 Å². The van der Waals surface area contributed by atoms with Gasteiger partial charge >= 0.3 is 0 Å². The average molecular weight is 283 g/mol. The standard InChI is InChI=1S/C16H27ClN2/c1-12(2)10-18-11-13(3)19(5)14(4)15-6-8-16(17)9-7-15/h6-9,12-14,18H,10-11H2,1-5H3. The van der Waals surface area contributed by atoms with Crippen molar-refractivity contribution in [3.63, 3.8) is 0 Å². The fraction of sp³-hybridized carbons (Fsp3) is 0.625. The highest BCUT2D eigenvalue weighted by Crippen LogP contribution is 2.22. The van der Waals surface area contributed by atoms with Gasteiger partial charge in [0.15, 0.2) is 0 Å². The monoisotopic (exact) mass is 282 g/mol. The number of halogens is 1. The first-order valence-corrected chi connectivity index (χ1v) is 7.47. The Morgan fingerprint density at radius 3 is 2.16 bits per heavy atom. The topological polar surface area (TPSA) is 15.3 Å². The van der Waals surface area contributed by atoms with Crippen molar-refractivity contribution >= 4 is 11.6 Å². The maximum absolute atomic E-state index is 5.93. The van der Waals surface area contributed by atoms with E-state index in [-0.39, 0.29) is 0 Å². The van der Waals surface area contributed by atoms with E-state index in [1.54, 1.807) is 0 Å².